The van der Waals surface area contributed by atoms with Crippen LogP contribution in [0.5, 0.6) is 0 Å². The summed E-state index contributed by atoms with van der Waals surface area (Å²) in [5.41, 5.74) is 0.768. The minimum absolute atomic E-state index is 0.272. The van der Waals surface area contributed by atoms with Crippen molar-refractivity contribution in [2.75, 3.05) is 6.61 Å². The van der Waals surface area contributed by atoms with Crippen molar-refractivity contribution in [1.82, 2.24) is 0 Å². The van der Waals surface area contributed by atoms with Crippen LogP contribution in [-0.2, 0) is 4.74 Å². The molecule has 0 aliphatic heterocycles. The number of benzene rings is 1. The van der Waals surface area contributed by atoms with E-state index in [1.54, 1.807) is 12.1 Å². The van der Waals surface area contributed by atoms with Crippen LogP contribution in [-0.4, -0.2) is 17.8 Å². The number of rotatable bonds is 11. The third kappa shape index (κ3) is 8.18. The largest absolute Gasteiger partial charge is 0.388 e. The van der Waals surface area contributed by atoms with E-state index < -0.39 is 6.10 Å². The summed E-state index contributed by atoms with van der Waals surface area (Å²) in [6.45, 7) is 5.00. The Morgan fingerprint density at radius 1 is 1.05 bits per heavy atom. The lowest BCUT2D eigenvalue weighted by atomic mass is 10.1. The van der Waals surface area contributed by atoms with Gasteiger partial charge < -0.3 is 9.84 Å². The zero-order valence-electron chi connectivity index (χ0n) is 13.4. The van der Waals surface area contributed by atoms with E-state index in [9.17, 15) is 9.50 Å². The minimum Gasteiger partial charge on any atom is -0.388 e. The van der Waals surface area contributed by atoms with Gasteiger partial charge in [0.15, 0.2) is 0 Å². The Balaban J connectivity index is 2.09. The number of hydrogen-bond donors (Lipinski definition) is 1. The Morgan fingerprint density at radius 2 is 1.76 bits per heavy atom. The number of aliphatic hydroxyl groups excluding tert-OH is 1. The quantitative estimate of drug-likeness (QED) is 0.581. The smallest absolute Gasteiger partial charge is 0.123 e. The molecule has 0 aliphatic carbocycles. The molecule has 120 valence electrons. The Morgan fingerprint density at radius 3 is 2.43 bits per heavy atom. The van der Waals surface area contributed by atoms with E-state index in [0.717, 1.165) is 18.4 Å². The van der Waals surface area contributed by atoms with E-state index in [1.165, 1.54) is 37.8 Å². The second kappa shape index (κ2) is 10.7. The van der Waals surface area contributed by atoms with Crippen LogP contribution in [0, 0.1) is 5.82 Å². The predicted molar refractivity (Wildman–Crippen MR) is 84.8 cm³/mol. The highest BCUT2D eigenvalue weighted by molar-refractivity contribution is 5.18. The SMILES string of the molecule is CCCCCCC(C)OCCCC(O)c1ccc(F)cc1. The Labute approximate surface area is 128 Å². The zero-order valence-corrected chi connectivity index (χ0v) is 13.4. The van der Waals surface area contributed by atoms with Crippen molar-refractivity contribution in [3.8, 4) is 0 Å². The lowest BCUT2D eigenvalue weighted by Crippen LogP contribution is -2.10. The van der Waals surface area contributed by atoms with E-state index in [1.807, 2.05) is 0 Å². The topological polar surface area (TPSA) is 29.5 Å². The third-order valence-electron chi connectivity index (χ3n) is 3.74. The summed E-state index contributed by atoms with van der Waals surface area (Å²) in [4.78, 5) is 0. The molecule has 0 bridgehead atoms. The maximum Gasteiger partial charge on any atom is 0.123 e. The van der Waals surface area contributed by atoms with Gasteiger partial charge >= 0.3 is 0 Å². The molecule has 0 saturated heterocycles. The van der Waals surface area contributed by atoms with Crippen molar-refractivity contribution in [3.05, 3.63) is 35.6 Å². The Hall–Kier alpha value is -0.930. The fraction of sp³-hybridized carbons (Fsp3) is 0.667. The van der Waals surface area contributed by atoms with Gasteiger partial charge in [-0.1, -0.05) is 44.7 Å². The van der Waals surface area contributed by atoms with Crippen molar-refractivity contribution in [2.45, 2.75) is 71.0 Å². The third-order valence-corrected chi connectivity index (χ3v) is 3.74. The lowest BCUT2D eigenvalue weighted by molar-refractivity contribution is 0.0478. The molecule has 0 spiro atoms. The molecular formula is C18H29FO2. The number of aliphatic hydroxyl groups is 1. The van der Waals surface area contributed by atoms with Gasteiger partial charge in [-0.05, 0) is 43.9 Å². The summed E-state index contributed by atoms with van der Waals surface area (Å²) in [6.07, 6.45) is 7.42. The normalized spacial score (nSPS) is 14.1. The van der Waals surface area contributed by atoms with Gasteiger partial charge in [-0.3, -0.25) is 0 Å². The van der Waals surface area contributed by atoms with Gasteiger partial charge in [-0.2, -0.15) is 0 Å². The maximum absolute atomic E-state index is 12.8. The van der Waals surface area contributed by atoms with E-state index in [0.29, 0.717) is 19.1 Å². The molecule has 0 heterocycles. The summed E-state index contributed by atoms with van der Waals surface area (Å²) in [5.74, 6) is -0.272. The first-order valence-electron chi connectivity index (χ1n) is 8.18. The molecule has 0 fully saturated rings. The second-order valence-corrected chi connectivity index (χ2v) is 5.74. The van der Waals surface area contributed by atoms with Gasteiger partial charge in [0.25, 0.3) is 0 Å². The summed E-state index contributed by atoms with van der Waals surface area (Å²) in [5, 5.41) is 10.00. The van der Waals surface area contributed by atoms with Gasteiger partial charge in [-0.15, -0.1) is 0 Å². The minimum atomic E-state index is -0.533. The molecule has 0 saturated carbocycles. The van der Waals surface area contributed by atoms with Gasteiger partial charge in [-0.25, -0.2) is 4.39 Å². The summed E-state index contributed by atoms with van der Waals surface area (Å²) < 4.78 is 18.6. The van der Waals surface area contributed by atoms with Crippen LogP contribution in [0.4, 0.5) is 4.39 Å². The van der Waals surface area contributed by atoms with Gasteiger partial charge in [0.1, 0.15) is 5.82 Å². The van der Waals surface area contributed by atoms with Crippen molar-refractivity contribution in [3.63, 3.8) is 0 Å². The van der Waals surface area contributed by atoms with E-state index in [-0.39, 0.29) is 5.82 Å². The van der Waals surface area contributed by atoms with Crippen molar-refractivity contribution in [2.24, 2.45) is 0 Å². The van der Waals surface area contributed by atoms with Crippen molar-refractivity contribution >= 4 is 0 Å². The van der Waals surface area contributed by atoms with Crippen LogP contribution in [0.25, 0.3) is 0 Å². The highest BCUT2D eigenvalue weighted by Crippen LogP contribution is 2.18. The lowest BCUT2D eigenvalue weighted by Gasteiger charge is -2.14. The second-order valence-electron chi connectivity index (χ2n) is 5.74. The number of hydrogen-bond acceptors (Lipinski definition) is 2. The van der Waals surface area contributed by atoms with Crippen molar-refractivity contribution in [1.29, 1.82) is 0 Å². The number of halogens is 1. The molecule has 0 aromatic heterocycles. The maximum atomic E-state index is 12.8. The zero-order chi connectivity index (χ0) is 15.5. The first-order chi connectivity index (χ1) is 10.1. The van der Waals surface area contributed by atoms with Gasteiger partial charge in [0.05, 0.1) is 12.2 Å². The van der Waals surface area contributed by atoms with Crippen LogP contribution < -0.4 is 0 Å². The predicted octanol–water partition coefficient (Wildman–Crippen LogP) is 5.01. The van der Waals surface area contributed by atoms with Gasteiger partial charge in [0, 0.05) is 6.61 Å². The van der Waals surface area contributed by atoms with E-state index >= 15 is 0 Å². The number of ether oxygens (including phenoxy) is 1. The molecule has 2 nitrogen and oxygen atoms in total. The summed E-state index contributed by atoms with van der Waals surface area (Å²) in [6, 6.07) is 6.04. The Bertz CT molecular complexity index is 364. The standard InChI is InChI=1S/C18H29FO2/c1-3-4-5-6-8-15(2)21-14-7-9-18(20)16-10-12-17(19)13-11-16/h10-13,15,18,20H,3-9,14H2,1-2H3. The molecule has 1 aromatic carbocycles. The molecule has 1 N–H and O–H groups in total. The van der Waals surface area contributed by atoms with Crippen LogP contribution in [0.1, 0.15) is 70.5 Å². The molecule has 0 radical (unpaired) electrons. The summed E-state index contributed by atoms with van der Waals surface area (Å²) in [7, 11) is 0. The average molecular weight is 296 g/mol. The molecule has 1 rings (SSSR count). The highest BCUT2D eigenvalue weighted by atomic mass is 19.1. The molecule has 21 heavy (non-hydrogen) atoms. The molecule has 3 heteroatoms. The monoisotopic (exact) mass is 296 g/mol. The molecule has 0 aliphatic rings. The highest BCUT2D eigenvalue weighted by Gasteiger charge is 2.08. The first kappa shape index (κ1) is 18.1. The van der Waals surface area contributed by atoms with E-state index in [2.05, 4.69) is 13.8 Å². The summed E-state index contributed by atoms with van der Waals surface area (Å²) >= 11 is 0. The van der Waals surface area contributed by atoms with Gasteiger partial charge in [0.2, 0.25) is 0 Å². The average Bonchev–Trinajstić information content (AvgIpc) is 2.48. The first-order valence-corrected chi connectivity index (χ1v) is 8.18. The molecule has 1 aromatic rings. The molecule has 0 amide bonds. The van der Waals surface area contributed by atoms with Crippen LogP contribution in [0.3, 0.4) is 0 Å². The van der Waals surface area contributed by atoms with Crippen LogP contribution >= 0.6 is 0 Å². The molecule has 2 unspecified atom stereocenters. The fourth-order valence-electron chi connectivity index (χ4n) is 2.35. The molecular weight excluding hydrogens is 267 g/mol. The van der Waals surface area contributed by atoms with E-state index in [4.69, 9.17) is 4.74 Å². The van der Waals surface area contributed by atoms with Crippen molar-refractivity contribution < 1.29 is 14.2 Å². The molecule has 2 atom stereocenters. The fourth-order valence-corrected chi connectivity index (χ4v) is 2.35. The van der Waals surface area contributed by atoms with Crippen LogP contribution in [0.15, 0.2) is 24.3 Å². The Kier molecular flexibility index (Phi) is 9.27. The number of unbranched alkanes of at least 4 members (excludes halogenated alkanes) is 3. The van der Waals surface area contributed by atoms with Crippen LogP contribution in [0.2, 0.25) is 0 Å².